The van der Waals surface area contributed by atoms with Crippen LogP contribution in [0, 0.1) is 0 Å². The Morgan fingerprint density at radius 3 is 0.200 bits per heavy atom. The Bertz CT molecular complexity index is 4.69. The molecule has 0 fully saturated rings. The summed E-state index contributed by atoms with van der Waals surface area (Å²) in [6.07, 6.45) is 0. The molecular weight excluding hydrogens is 351 g/mol. The molecule has 0 aromatic rings. The second kappa shape index (κ2) is 2220. The van der Waals surface area contributed by atoms with Gasteiger partial charge in [-0.05, 0) is 0 Å². The zero-order valence-corrected chi connectivity index (χ0v) is 10.7. The van der Waals surface area contributed by atoms with Gasteiger partial charge in [0, 0.05) is 0 Å². The van der Waals surface area contributed by atoms with E-state index in [1.54, 1.807) is 0 Å². The molecule has 0 rings (SSSR count). The molecule has 0 spiro atoms. The second-order valence-electron chi connectivity index (χ2n) is 0. The Balaban J connectivity index is 0. The molecule has 78 valence electrons. The molecule has 0 amide bonds. The Morgan fingerprint density at radius 1 is 0.200 bits per heavy atom. The van der Waals surface area contributed by atoms with Crippen LogP contribution in [-0.4, -0.2) is 76.6 Å². The van der Waals surface area contributed by atoms with Gasteiger partial charge in [0.15, 0.2) is 0 Å². The van der Waals surface area contributed by atoms with Gasteiger partial charge in [-0.1, -0.05) is 0 Å². The van der Waals surface area contributed by atoms with Gasteiger partial charge in [-0.2, -0.15) is 0 Å². The van der Waals surface area contributed by atoms with Gasteiger partial charge < -0.3 is 49.3 Å². The first-order valence-electron chi connectivity index (χ1n) is 0. The van der Waals surface area contributed by atoms with E-state index in [0.717, 1.165) is 0 Å². The van der Waals surface area contributed by atoms with Gasteiger partial charge in [0.05, 0.1) is 0 Å². The Kier molecular flexibility index (Phi) is 678000. The Hall–Kier alpha value is 0.562. The van der Waals surface area contributed by atoms with Gasteiger partial charge in [0.1, 0.15) is 0 Å². The number of rotatable bonds is 0. The van der Waals surface area contributed by atoms with Crippen molar-refractivity contribution in [2.45, 2.75) is 0 Å². The van der Waals surface area contributed by atoms with Crippen molar-refractivity contribution in [1.29, 1.82) is 0 Å². The first kappa shape index (κ1) is 3060. The van der Waals surface area contributed by atoms with E-state index in [2.05, 4.69) is 0 Å². The molecule has 0 aliphatic rings. The molecule has 10 heteroatoms. The van der Waals surface area contributed by atoms with Gasteiger partial charge in [-0.15, -0.1) is 0 Å². The molecule has 0 heterocycles. The summed E-state index contributed by atoms with van der Waals surface area (Å²) in [6, 6.07) is 0. The predicted molar refractivity (Wildman–Crippen MR) is 41.1 cm³/mol. The molecule has 9 nitrogen and oxygen atoms in total. The van der Waals surface area contributed by atoms with E-state index in [1.807, 2.05) is 0 Å². The summed E-state index contributed by atoms with van der Waals surface area (Å²) in [5.74, 6) is 0. The second-order valence-corrected chi connectivity index (χ2v) is 0. The van der Waals surface area contributed by atoms with Gasteiger partial charge in [0.2, 0.25) is 0 Å². The van der Waals surface area contributed by atoms with E-state index in [-0.39, 0.29) is 76.6 Å². The van der Waals surface area contributed by atoms with Crippen molar-refractivity contribution in [3.63, 3.8) is 0 Å². The van der Waals surface area contributed by atoms with E-state index in [9.17, 15) is 0 Å². The minimum atomic E-state index is 0. The molecule has 0 unspecified atom stereocenters. The molecule has 0 saturated carbocycles. The molecule has 0 aliphatic heterocycles. The third-order valence-electron chi connectivity index (χ3n) is 0. The fourth-order valence-electron chi connectivity index (χ4n) is 0. The van der Waals surface area contributed by atoms with E-state index >= 15 is 0 Å². The summed E-state index contributed by atoms with van der Waals surface area (Å²) in [5.41, 5.74) is 0. The summed E-state index contributed by atoms with van der Waals surface area (Å²) in [7, 11) is 0. The van der Waals surface area contributed by atoms with Crippen molar-refractivity contribution in [2.75, 3.05) is 0 Å². The third kappa shape index (κ3) is 1550. The van der Waals surface area contributed by atoms with E-state index < -0.39 is 0 Å². The van der Waals surface area contributed by atoms with Crippen LogP contribution < -0.4 is 0 Å². The molecule has 2 radical (unpaired) electrons. The molecule has 10 heavy (non-hydrogen) atoms. The van der Waals surface area contributed by atoms with Gasteiger partial charge in [-0.25, -0.2) is 0 Å². The van der Waals surface area contributed by atoms with E-state index in [1.165, 1.54) is 0 Å². The molecule has 18 N–H and O–H groups in total. The van der Waals surface area contributed by atoms with Crippen LogP contribution in [0.25, 0.3) is 0 Å². The van der Waals surface area contributed by atoms with Crippen molar-refractivity contribution < 1.29 is 49.3 Å². The zero-order chi connectivity index (χ0) is 0. The zero-order valence-electron chi connectivity index (χ0n) is 5.21. The quantitative estimate of drug-likeness (QED) is 0.358. The normalized spacial score (nSPS) is 0. The average molecular weight is 371 g/mol. The monoisotopic (exact) mass is 372 g/mol. The van der Waals surface area contributed by atoms with Crippen LogP contribution in [0.2, 0.25) is 0 Å². The number of hydrogen-bond acceptors (Lipinski definition) is 0. The summed E-state index contributed by atoms with van der Waals surface area (Å²) >= 11 is 0. The van der Waals surface area contributed by atoms with Crippen LogP contribution in [-0.2, 0) is 0 Å². The van der Waals surface area contributed by atoms with Crippen LogP contribution in [0.1, 0.15) is 0 Å². The third-order valence-corrected chi connectivity index (χ3v) is 0. The first-order valence-corrected chi connectivity index (χ1v) is 0. The van der Waals surface area contributed by atoms with Crippen molar-refractivity contribution in [2.24, 2.45) is 0 Å². The Morgan fingerprint density at radius 2 is 0.200 bits per heavy atom. The van der Waals surface area contributed by atoms with Crippen LogP contribution in [0.15, 0.2) is 0 Å². The molecule has 0 bridgehead atoms. The van der Waals surface area contributed by atoms with Gasteiger partial charge >= 0.3 is 27.3 Å². The Labute approximate surface area is 77.0 Å². The van der Waals surface area contributed by atoms with Crippen LogP contribution >= 0.6 is 0 Å². The molecule has 0 atom stereocenters. The van der Waals surface area contributed by atoms with Crippen LogP contribution in [0.3, 0.4) is 0 Å². The SMILES string of the molecule is O.O.O.O.O.O.O.O.O.[PbH2]. The van der Waals surface area contributed by atoms with E-state index in [4.69, 9.17) is 0 Å². The van der Waals surface area contributed by atoms with Crippen LogP contribution in [0.4, 0.5) is 0 Å². The topological polar surface area (TPSA) is 284 Å². The molecule has 0 aromatic carbocycles. The maximum atomic E-state index is 0. The first-order chi connectivity index (χ1) is 0. The number of hydrogen-bond donors (Lipinski definition) is 0. The van der Waals surface area contributed by atoms with Crippen molar-refractivity contribution in [1.82, 2.24) is 0 Å². The maximum absolute atomic E-state index is 0. The fourth-order valence-corrected chi connectivity index (χ4v) is 0. The van der Waals surface area contributed by atoms with Gasteiger partial charge in [-0.3, -0.25) is 0 Å². The van der Waals surface area contributed by atoms with Crippen molar-refractivity contribution in [3.8, 4) is 0 Å². The van der Waals surface area contributed by atoms with Crippen molar-refractivity contribution in [3.05, 3.63) is 0 Å². The molecule has 0 saturated heterocycles. The fraction of sp³-hybridized carbons (Fsp3) is 0. The molecular formula is H20O9Pb. The standard InChI is InChI=1S/9H2O.Pb.2H/h9*1H2;;;. The summed E-state index contributed by atoms with van der Waals surface area (Å²) < 4.78 is 0. The molecule has 0 aromatic heterocycles. The summed E-state index contributed by atoms with van der Waals surface area (Å²) in [6.45, 7) is 0. The summed E-state index contributed by atoms with van der Waals surface area (Å²) in [5, 5.41) is 0. The minimum absolute atomic E-state index is 0. The summed E-state index contributed by atoms with van der Waals surface area (Å²) in [4.78, 5) is 0. The molecule has 0 aliphatic carbocycles. The van der Waals surface area contributed by atoms with E-state index in [0.29, 0.717) is 0 Å². The van der Waals surface area contributed by atoms with Crippen molar-refractivity contribution >= 4 is 27.3 Å². The predicted octanol–water partition coefficient (Wildman–Crippen LogP) is -8.34. The average Bonchev–Trinajstić information content (AvgIpc) is 0. The van der Waals surface area contributed by atoms with Gasteiger partial charge in [0.25, 0.3) is 0 Å². The van der Waals surface area contributed by atoms with Crippen LogP contribution in [0.5, 0.6) is 0 Å².